The highest BCUT2D eigenvalue weighted by Gasteiger charge is 2.06. The first-order valence-electron chi connectivity index (χ1n) is 3.76. The zero-order valence-electron chi connectivity index (χ0n) is 6.75. The molecule has 0 fully saturated rings. The summed E-state index contributed by atoms with van der Waals surface area (Å²) in [6.45, 7) is 3.70. The van der Waals surface area contributed by atoms with Gasteiger partial charge in [-0.2, -0.15) is 0 Å². The summed E-state index contributed by atoms with van der Waals surface area (Å²) in [6, 6.07) is 2.74. The minimum absolute atomic E-state index is 0.323. The Labute approximate surface area is 79.9 Å². The van der Waals surface area contributed by atoms with Crippen LogP contribution in [0.3, 0.4) is 0 Å². The van der Waals surface area contributed by atoms with E-state index in [1.807, 2.05) is 0 Å². The summed E-state index contributed by atoms with van der Waals surface area (Å²) < 4.78 is 13.0. The Kier molecular flexibility index (Phi) is 1.81. The van der Waals surface area contributed by atoms with E-state index in [0.29, 0.717) is 21.0 Å². The van der Waals surface area contributed by atoms with Crippen LogP contribution >= 0.6 is 12.2 Å². The average Bonchev–Trinajstić information content (AvgIpc) is 2.07. The van der Waals surface area contributed by atoms with Crippen molar-refractivity contribution in [2.24, 2.45) is 4.99 Å². The lowest BCUT2D eigenvalue weighted by Gasteiger charge is -2.04. The molecule has 0 saturated heterocycles. The van der Waals surface area contributed by atoms with E-state index >= 15 is 0 Å². The van der Waals surface area contributed by atoms with Gasteiger partial charge in [-0.3, -0.25) is 4.99 Å². The number of allylic oxidation sites excluding steroid dienone is 1. The van der Waals surface area contributed by atoms with Gasteiger partial charge in [0.25, 0.3) is 0 Å². The molecular weight excluding hydrogens is 185 g/mol. The summed E-state index contributed by atoms with van der Waals surface area (Å²) in [5, 5.41) is 1.25. The fourth-order valence-corrected chi connectivity index (χ4v) is 1.48. The first-order chi connectivity index (χ1) is 6.18. The maximum Gasteiger partial charge on any atom is 0.124 e. The third-order valence-electron chi connectivity index (χ3n) is 1.85. The van der Waals surface area contributed by atoms with E-state index in [0.717, 1.165) is 0 Å². The molecule has 2 rings (SSSR count). The lowest BCUT2D eigenvalue weighted by atomic mass is 10.1. The molecule has 0 radical (unpaired) electrons. The number of thiocarbonyl (C=S) groups is 1. The Morgan fingerprint density at radius 3 is 2.92 bits per heavy atom. The summed E-state index contributed by atoms with van der Waals surface area (Å²) in [5.74, 6) is -0.323. The van der Waals surface area contributed by atoms with E-state index in [1.165, 1.54) is 12.1 Å². The minimum Gasteiger partial charge on any atom is -0.256 e. The molecule has 1 nitrogen and oxygen atoms in total. The molecule has 0 atom stereocenters. The van der Waals surface area contributed by atoms with Crippen molar-refractivity contribution in [3.05, 3.63) is 46.4 Å². The third-order valence-corrected chi connectivity index (χ3v) is 2.20. The first-order valence-corrected chi connectivity index (χ1v) is 4.16. The fourth-order valence-electron chi connectivity index (χ4n) is 1.27. The summed E-state index contributed by atoms with van der Waals surface area (Å²) in [5.41, 5.74) is 0.655. The van der Waals surface area contributed by atoms with Crippen molar-refractivity contribution >= 4 is 23.7 Å². The predicted octanol–water partition coefficient (Wildman–Crippen LogP) is 1.10. The number of hydrogen-bond donors (Lipinski definition) is 0. The van der Waals surface area contributed by atoms with Crippen LogP contribution in [0.5, 0.6) is 0 Å². The van der Waals surface area contributed by atoms with Gasteiger partial charge in [0.2, 0.25) is 0 Å². The van der Waals surface area contributed by atoms with E-state index < -0.39 is 0 Å². The molecular formula is C10H6FNS. The van der Waals surface area contributed by atoms with Crippen molar-refractivity contribution in [1.82, 2.24) is 0 Å². The van der Waals surface area contributed by atoms with Crippen LogP contribution in [0.2, 0.25) is 0 Å². The van der Waals surface area contributed by atoms with Crippen LogP contribution in [0.4, 0.5) is 4.39 Å². The number of nitrogens with zero attached hydrogens (tertiary/aromatic N) is 1. The summed E-state index contributed by atoms with van der Waals surface area (Å²) >= 11 is 5.04. The van der Waals surface area contributed by atoms with E-state index in [4.69, 9.17) is 12.2 Å². The number of rotatable bonds is 0. The van der Waals surface area contributed by atoms with Gasteiger partial charge < -0.3 is 0 Å². The Bertz CT molecular complexity index is 516. The van der Waals surface area contributed by atoms with Gasteiger partial charge in [0.15, 0.2) is 0 Å². The van der Waals surface area contributed by atoms with Gasteiger partial charge in [-0.1, -0.05) is 18.8 Å². The second-order valence-corrected chi connectivity index (χ2v) is 3.21. The lowest BCUT2D eigenvalue weighted by molar-refractivity contribution is 0.625. The molecule has 0 saturated carbocycles. The zero-order valence-corrected chi connectivity index (χ0v) is 7.57. The standard InChI is InChI=1S/C10H6FNS/c1-6-4-7(11)5-8-9(13)2-3-12-10(6)8/h2-5H,1H2. The molecule has 1 aromatic carbocycles. The molecule has 1 aliphatic rings. The van der Waals surface area contributed by atoms with Crippen LogP contribution in [-0.2, 0) is 0 Å². The summed E-state index contributed by atoms with van der Waals surface area (Å²) in [6.07, 6.45) is 3.29. The van der Waals surface area contributed by atoms with Crippen molar-refractivity contribution in [2.75, 3.05) is 0 Å². The van der Waals surface area contributed by atoms with Crippen LogP contribution in [0, 0.1) is 5.82 Å². The van der Waals surface area contributed by atoms with Crippen molar-refractivity contribution in [1.29, 1.82) is 0 Å². The SMILES string of the molecule is C=c1cc(F)cc2c1=NC=CC2=S. The van der Waals surface area contributed by atoms with Crippen molar-refractivity contribution in [3.8, 4) is 0 Å². The van der Waals surface area contributed by atoms with E-state index in [9.17, 15) is 4.39 Å². The maximum absolute atomic E-state index is 13.0. The smallest absolute Gasteiger partial charge is 0.124 e. The summed E-state index contributed by atoms with van der Waals surface area (Å²) in [4.78, 5) is 4.69. The van der Waals surface area contributed by atoms with Gasteiger partial charge in [-0.05, 0) is 23.4 Å². The molecule has 13 heavy (non-hydrogen) atoms. The van der Waals surface area contributed by atoms with E-state index in [1.54, 1.807) is 12.3 Å². The average molecular weight is 191 g/mol. The maximum atomic E-state index is 13.0. The molecule has 1 aromatic rings. The van der Waals surface area contributed by atoms with Crippen LogP contribution in [0.1, 0.15) is 5.56 Å². The van der Waals surface area contributed by atoms with Gasteiger partial charge in [-0.15, -0.1) is 0 Å². The van der Waals surface area contributed by atoms with Crippen LogP contribution < -0.4 is 10.6 Å². The van der Waals surface area contributed by atoms with Crippen molar-refractivity contribution in [2.45, 2.75) is 0 Å². The molecule has 0 bridgehead atoms. The first kappa shape index (κ1) is 8.26. The predicted molar refractivity (Wildman–Crippen MR) is 53.5 cm³/mol. The number of hydrogen-bond acceptors (Lipinski definition) is 2. The Morgan fingerprint density at radius 1 is 1.38 bits per heavy atom. The third kappa shape index (κ3) is 1.31. The van der Waals surface area contributed by atoms with Crippen molar-refractivity contribution in [3.63, 3.8) is 0 Å². The molecule has 0 aliphatic carbocycles. The second kappa shape index (κ2) is 2.85. The number of fused-ring (bicyclic) bond motifs is 1. The molecule has 64 valence electrons. The molecule has 0 amide bonds. The second-order valence-electron chi connectivity index (χ2n) is 2.77. The topological polar surface area (TPSA) is 12.4 Å². The molecule has 1 heterocycles. The Hall–Kier alpha value is -1.35. The van der Waals surface area contributed by atoms with Gasteiger partial charge in [-0.25, -0.2) is 4.39 Å². The molecule has 0 spiro atoms. The number of benzene rings is 1. The molecule has 3 heteroatoms. The highest BCUT2D eigenvalue weighted by molar-refractivity contribution is 7.81. The van der Waals surface area contributed by atoms with Gasteiger partial charge in [0, 0.05) is 16.6 Å². The van der Waals surface area contributed by atoms with Gasteiger partial charge in [0.05, 0.1) is 5.36 Å². The largest absolute Gasteiger partial charge is 0.256 e. The van der Waals surface area contributed by atoms with Crippen LogP contribution in [-0.4, -0.2) is 4.86 Å². The highest BCUT2D eigenvalue weighted by Crippen LogP contribution is 2.02. The summed E-state index contributed by atoms with van der Waals surface area (Å²) in [7, 11) is 0. The van der Waals surface area contributed by atoms with Crippen molar-refractivity contribution < 1.29 is 4.39 Å². The molecule has 0 N–H and O–H groups in total. The van der Waals surface area contributed by atoms with E-state index in [-0.39, 0.29) is 5.82 Å². The quantitative estimate of drug-likeness (QED) is 0.559. The van der Waals surface area contributed by atoms with Gasteiger partial charge >= 0.3 is 0 Å². The van der Waals surface area contributed by atoms with Gasteiger partial charge in [0.1, 0.15) is 5.82 Å². The molecule has 1 aliphatic heterocycles. The normalized spacial score (nSPS) is 13.8. The number of halogens is 1. The van der Waals surface area contributed by atoms with E-state index in [2.05, 4.69) is 11.6 Å². The monoisotopic (exact) mass is 191 g/mol. The lowest BCUT2D eigenvalue weighted by Crippen LogP contribution is -2.31. The Morgan fingerprint density at radius 2 is 2.15 bits per heavy atom. The van der Waals surface area contributed by atoms with Crippen LogP contribution in [0.15, 0.2) is 29.4 Å². The Balaban J connectivity index is 2.93. The molecule has 0 aromatic heterocycles. The zero-order chi connectivity index (χ0) is 9.42. The minimum atomic E-state index is -0.323. The van der Waals surface area contributed by atoms with Crippen LogP contribution in [0.25, 0.3) is 6.58 Å². The fraction of sp³-hybridized carbons (Fsp3) is 0. The molecule has 0 unspecified atom stereocenters. The highest BCUT2D eigenvalue weighted by atomic mass is 32.1.